The van der Waals surface area contributed by atoms with Gasteiger partial charge < -0.3 is 19.8 Å². The van der Waals surface area contributed by atoms with Crippen LogP contribution in [0.4, 0.5) is 0 Å². The fourth-order valence-electron chi connectivity index (χ4n) is 5.17. The van der Waals surface area contributed by atoms with Gasteiger partial charge in [0.05, 0.1) is 18.8 Å². The van der Waals surface area contributed by atoms with Crippen LogP contribution >= 0.6 is 0 Å². The van der Waals surface area contributed by atoms with Crippen molar-refractivity contribution in [1.82, 2.24) is 4.90 Å². The first-order valence-electron chi connectivity index (χ1n) is 10.4. The van der Waals surface area contributed by atoms with Crippen molar-refractivity contribution in [2.75, 3.05) is 13.7 Å². The smallest absolute Gasteiger partial charge is 0.254 e. The van der Waals surface area contributed by atoms with Crippen LogP contribution in [0.25, 0.3) is 0 Å². The maximum atomic E-state index is 13.6. The molecule has 0 spiro atoms. The molecule has 4 rings (SSSR count). The second-order valence-corrected chi connectivity index (χ2v) is 8.40. The number of likely N-dealkylation sites (tertiary alicyclic amines) is 1. The summed E-state index contributed by atoms with van der Waals surface area (Å²) in [7, 11) is 1.52. The second-order valence-electron chi connectivity index (χ2n) is 8.40. The zero-order chi connectivity index (χ0) is 20.6. The molecule has 29 heavy (non-hydrogen) atoms. The molecule has 1 heterocycles. The Morgan fingerprint density at radius 1 is 1.17 bits per heavy atom. The van der Waals surface area contributed by atoms with Crippen molar-refractivity contribution in [3.8, 4) is 11.5 Å². The standard InChI is InChI=1S/C24H29NO4/c1-16-7-3-4-8-18(16)23(27)25-14-13-24(28)12-6-5-9-19(24)22(25)17-10-11-20(26)21(15-17)29-2/h3-4,7-8,10-11,15,19,22,26,28H,5-6,9,12-14H2,1-2H3/t19-,22+,24+/m1/s1. The van der Waals surface area contributed by atoms with Crippen LogP contribution in [0.1, 0.15) is 59.6 Å². The van der Waals surface area contributed by atoms with Gasteiger partial charge in [-0.2, -0.15) is 0 Å². The van der Waals surface area contributed by atoms with Crippen LogP contribution in [0.5, 0.6) is 11.5 Å². The summed E-state index contributed by atoms with van der Waals surface area (Å²) in [6, 6.07) is 12.7. The average molecular weight is 395 g/mol. The largest absolute Gasteiger partial charge is 0.504 e. The van der Waals surface area contributed by atoms with Gasteiger partial charge in [-0.1, -0.05) is 37.1 Å². The number of hydrogen-bond acceptors (Lipinski definition) is 4. The first kappa shape index (κ1) is 19.8. The van der Waals surface area contributed by atoms with E-state index in [4.69, 9.17) is 4.74 Å². The molecule has 1 amide bonds. The topological polar surface area (TPSA) is 70.0 Å². The molecule has 3 atom stereocenters. The van der Waals surface area contributed by atoms with Gasteiger partial charge in [0, 0.05) is 18.0 Å². The highest BCUT2D eigenvalue weighted by molar-refractivity contribution is 5.96. The zero-order valence-electron chi connectivity index (χ0n) is 17.1. The van der Waals surface area contributed by atoms with E-state index < -0.39 is 5.60 Å². The second kappa shape index (κ2) is 7.71. The van der Waals surface area contributed by atoms with Crippen molar-refractivity contribution >= 4 is 5.91 Å². The van der Waals surface area contributed by atoms with E-state index in [1.165, 1.54) is 7.11 Å². The van der Waals surface area contributed by atoms with E-state index in [9.17, 15) is 15.0 Å². The van der Waals surface area contributed by atoms with Crippen LogP contribution in [0.15, 0.2) is 42.5 Å². The molecule has 2 aliphatic rings. The van der Waals surface area contributed by atoms with Gasteiger partial charge in [-0.15, -0.1) is 0 Å². The summed E-state index contributed by atoms with van der Waals surface area (Å²) in [5, 5.41) is 21.5. The number of fused-ring (bicyclic) bond motifs is 1. The monoisotopic (exact) mass is 395 g/mol. The van der Waals surface area contributed by atoms with Crippen molar-refractivity contribution in [3.05, 3.63) is 59.2 Å². The number of aryl methyl sites for hydroxylation is 1. The van der Waals surface area contributed by atoms with Crippen molar-refractivity contribution < 1.29 is 19.7 Å². The molecule has 2 aromatic rings. The summed E-state index contributed by atoms with van der Waals surface area (Å²) in [6.45, 7) is 2.46. The van der Waals surface area contributed by atoms with E-state index >= 15 is 0 Å². The van der Waals surface area contributed by atoms with E-state index in [1.807, 2.05) is 42.2 Å². The first-order chi connectivity index (χ1) is 13.9. The molecule has 1 aliphatic heterocycles. The molecule has 1 saturated carbocycles. The van der Waals surface area contributed by atoms with Crippen LogP contribution in [-0.4, -0.2) is 40.3 Å². The number of benzene rings is 2. The molecule has 5 heteroatoms. The van der Waals surface area contributed by atoms with Gasteiger partial charge in [0.1, 0.15) is 0 Å². The minimum atomic E-state index is -0.753. The summed E-state index contributed by atoms with van der Waals surface area (Å²) in [5.41, 5.74) is 1.79. The Hall–Kier alpha value is -2.53. The molecule has 0 bridgehead atoms. The highest BCUT2D eigenvalue weighted by atomic mass is 16.5. The minimum Gasteiger partial charge on any atom is -0.504 e. The first-order valence-corrected chi connectivity index (χ1v) is 10.4. The molecule has 154 valence electrons. The Labute approximate surface area is 171 Å². The Bertz CT molecular complexity index is 912. The van der Waals surface area contributed by atoms with Crippen molar-refractivity contribution in [2.45, 2.75) is 50.7 Å². The molecule has 0 radical (unpaired) electrons. The molecule has 5 nitrogen and oxygen atoms in total. The lowest BCUT2D eigenvalue weighted by molar-refractivity contribution is -0.115. The van der Waals surface area contributed by atoms with E-state index in [-0.39, 0.29) is 23.6 Å². The maximum absolute atomic E-state index is 13.6. The van der Waals surface area contributed by atoms with E-state index in [0.717, 1.165) is 36.8 Å². The summed E-state index contributed by atoms with van der Waals surface area (Å²) < 4.78 is 5.32. The maximum Gasteiger partial charge on any atom is 0.254 e. The quantitative estimate of drug-likeness (QED) is 0.816. The lowest BCUT2D eigenvalue weighted by Crippen LogP contribution is -2.56. The molecule has 2 fully saturated rings. The van der Waals surface area contributed by atoms with E-state index in [0.29, 0.717) is 24.3 Å². The third kappa shape index (κ3) is 3.48. The molecular formula is C24H29NO4. The van der Waals surface area contributed by atoms with Gasteiger partial charge in [0.15, 0.2) is 11.5 Å². The summed E-state index contributed by atoms with van der Waals surface area (Å²) in [4.78, 5) is 15.5. The number of phenols is 1. The summed E-state index contributed by atoms with van der Waals surface area (Å²) in [6.07, 6.45) is 4.31. The summed E-state index contributed by atoms with van der Waals surface area (Å²) >= 11 is 0. The number of aliphatic hydroxyl groups is 1. The normalized spacial score (nSPS) is 26.7. The Kier molecular flexibility index (Phi) is 5.26. The number of aromatic hydroxyl groups is 1. The number of rotatable bonds is 3. The molecule has 1 saturated heterocycles. The Balaban J connectivity index is 1.79. The zero-order valence-corrected chi connectivity index (χ0v) is 17.1. The fraction of sp³-hybridized carbons (Fsp3) is 0.458. The number of piperidine rings is 1. The molecule has 0 unspecified atom stereocenters. The third-order valence-corrected chi connectivity index (χ3v) is 6.75. The Morgan fingerprint density at radius 2 is 1.97 bits per heavy atom. The van der Waals surface area contributed by atoms with Crippen molar-refractivity contribution in [3.63, 3.8) is 0 Å². The van der Waals surface area contributed by atoms with E-state index in [2.05, 4.69) is 0 Å². The van der Waals surface area contributed by atoms with Gasteiger partial charge in [-0.05, 0) is 55.5 Å². The summed E-state index contributed by atoms with van der Waals surface area (Å²) in [5.74, 6) is 0.415. The third-order valence-electron chi connectivity index (χ3n) is 6.75. The highest BCUT2D eigenvalue weighted by Crippen LogP contribution is 2.50. The van der Waals surface area contributed by atoms with Crippen molar-refractivity contribution in [1.29, 1.82) is 0 Å². The molecule has 1 aliphatic carbocycles. The van der Waals surface area contributed by atoms with Gasteiger partial charge in [0.25, 0.3) is 5.91 Å². The van der Waals surface area contributed by atoms with Crippen LogP contribution < -0.4 is 4.74 Å². The van der Waals surface area contributed by atoms with Gasteiger partial charge in [0.2, 0.25) is 0 Å². The number of hydrogen-bond donors (Lipinski definition) is 2. The van der Waals surface area contributed by atoms with E-state index in [1.54, 1.807) is 12.1 Å². The molecular weight excluding hydrogens is 366 g/mol. The molecule has 2 aromatic carbocycles. The number of amides is 1. The Morgan fingerprint density at radius 3 is 2.72 bits per heavy atom. The lowest BCUT2D eigenvalue weighted by atomic mass is 9.66. The van der Waals surface area contributed by atoms with Crippen LogP contribution in [-0.2, 0) is 0 Å². The minimum absolute atomic E-state index is 0.00670. The fourth-order valence-corrected chi connectivity index (χ4v) is 5.17. The van der Waals surface area contributed by atoms with Crippen molar-refractivity contribution in [2.24, 2.45) is 5.92 Å². The molecule has 2 N–H and O–H groups in total. The highest BCUT2D eigenvalue weighted by Gasteiger charge is 2.50. The van der Waals surface area contributed by atoms with Gasteiger partial charge in [-0.25, -0.2) is 0 Å². The van der Waals surface area contributed by atoms with Crippen LogP contribution in [0.3, 0.4) is 0 Å². The number of carbonyl (C=O) groups is 1. The number of methoxy groups -OCH3 is 1. The van der Waals surface area contributed by atoms with Gasteiger partial charge in [-0.3, -0.25) is 4.79 Å². The predicted molar refractivity (Wildman–Crippen MR) is 111 cm³/mol. The number of nitrogens with zero attached hydrogens (tertiary/aromatic N) is 1. The average Bonchev–Trinajstić information content (AvgIpc) is 2.73. The lowest BCUT2D eigenvalue weighted by Gasteiger charge is -2.52. The number of phenolic OH excluding ortho intramolecular Hbond substituents is 1. The molecule has 0 aromatic heterocycles. The van der Waals surface area contributed by atoms with Gasteiger partial charge >= 0.3 is 0 Å². The van der Waals surface area contributed by atoms with Crippen LogP contribution in [0, 0.1) is 12.8 Å². The number of ether oxygens (including phenoxy) is 1. The predicted octanol–water partition coefficient (Wildman–Crippen LogP) is 4.22. The van der Waals surface area contributed by atoms with Crippen LogP contribution in [0.2, 0.25) is 0 Å². The number of carbonyl (C=O) groups excluding carboxylic acids is 1. The SMILES string of the molecule is COc1cc([C@H]2[C@H]3CCCC[C@]3(O)CCN2C(=O)c2ccccc2C)ccc1O.